The highest BCUT2D eigenvalue weighted by molar-refractivity contribution is 6.29. The number of pyridine rings is 1. The number of halogens is 1. The highest BCUT2D eigenvalue weighted by Crippen LogP contribution is 2.27. The van der Waals surface area contributed by atoms with E-state index in [4.69, 9.17) is 16.3 Å². The zero-order valence-corrected chi connectivity index (χ0v) is 11.6. The molecule has 0 amide bonds. The van der Waals surface area contributed by atoms with Crippen molar-refractivity contribution in [1.82, 2.24) is 9.88 Å². The van der Waals surface area contributed by atoms with Crippen LogP contribution in [0, 0.1) is 10.1 Å². The number of nitrogens with zero attached hydrogens (tertiary/aromatic N) is 3. The summed E-state index contributed by atoms with van der Waals surface area (Å²) in [6, 6.07) is 2.65. The maximum Gasteiger partial charge on any atom is 0.331 e. The monoisotopic (exact) mass is 273 g/mol. The van der Waals surface area contributed by atoms with Gasteiger partial charge in [-0.25, -0.2) is 0 Å². The summed E-state index contributed by atoms with van der Waals surface area (Å²) in [4.78, 5) is 16.1. The molecule has 1 aromatic heterocycles. The Balaban J connectivity index is 2.90. The van der Waals surface area contributed by atoms with Crippen LogP contribution < -0.4 is 4.74 Å². The first kappa shape index (κ1) is 14.7. The second-order valence-electron chi connectivity index (χ2n) is 4.71. The van der Waals surface area contributed by atoms with Crippen LogP contribution in [0.3, 0.4) is 0 Å². The number of aromatic nitrogens is 1. The van der Waals surface area contributed by atoms with E-state index in [1.54, 1.807) is 0 Å². The minimum absolute atomic E-state index is 0.0533. The van der Waals surface area contributed by atoms with Gasteiger partial charge in [0.15, 0.2) is 0 Å². The van der Waals surface area contributed by atoms with Gasteiger partial charge in [-0.15, -0.1) is 0 Å². The van der Waals surface area contributed by atoms with Crippen molar-refractivity contribution in [3.8, 4) is 5.88 Å². The predicted octanol–water partition coefficient (Wildman–Crippen LogP) is 2.36. The van der Waals surface area contributed by atoms with E-state index in [-0.39, 0.29) is 28.9 Å². The standard InChI is InChI=1S/C11H16ClN3O3/c1-11(2,14(3)4)7-18-10-8(15(16)17)5-6-9(12)13-10/h5-6H,7H2,1-4H3. The normalized spacial score (nSPS) is 11.7. The smallest absolute Gasteiger partial charge is 0.331 e. The minimum atomic E-state index is -0.540. The Kier molecular flexibility index (Phi) is 4.48. The highest BCUT2D eigenvalue weighted by atomic mass is 35.5. The van der Waals surface area contributed by atoms with Crippen LogP contribution in [-0.4, -0.2) is 41.0 Å². The summed E-state index contributed by atoms with van der Waals surface area (Å²) >= 11 is 5.71. The maximum absolute atomic E-state index is 10.8. The Morgan fingerprint density at radius 3 is 2.61 bits per heavy atom. The molecule has 0 atom stereocenters. The first-order valence-corrected chi connectivity index (χ1v) is 5.73. The van der Waals surface area contributed by atoms with Crippen molar-refractivity contribution in [1.29, 1.82) is 0 Å². The summed E-state index contributed by atoms with van der Waals surface area (Å²) < 4.78 is 5.43. The van der Waals surface area contributed by atoms with E-state index in [0.29, 0.717) is 0 Å². The molecular weight excluding hydrogens is 258 g/mol. The van der Waals surface area contributed by atoms with E-state index in [9.17, 15) is 10.1 Å². The lowest BCUT2D eigenvalue weighted by atomic mass is 10.1. The van der Waals surface area contributed by atoms with Gasteiger partial charge in [-0.3, -0.25) is 10.1 Å². The van der Waals surface area contributed by atoms with Crippen LogP contribution in [-0.2, 0) is 0 Å². The first-order chi connectivity index (χ1) is 8.24. The fraction of sp³-hybridized carbons (Fsp3) is 0.545. The third kappa shape index (κ3) is 3.54. The second kappa shape index (κ2) is 5.49. The topological polar surface area (TPSA) is 68.5 Å². The van der Waals surface area contributed by atoms with Gasteiger partial charge in [-0.2, -0.15) is 4.98 Å². The molecule has 0 spiro atoms. The highest BCUT2D eigenvalue weighted by Gasteiger charge is 2.24. The van der Waals surface area contributed by atoms with Crippen LogP contribution in [0.25, 0.3) is 0 Å². The quantitative estimate of drug-likeness (QED) is 0.468. The first-order valence-electron chi connectivity index (χ1n) is 5.35. The second-order valence-corrected chi connectivity index (χ2v) is 5.10. The summed E-state index contributed by atoms with van der Waals surface area (Å²) in [5.41, 5.74) is -0.452. The van der Waals surface area contributed by atoms with Crippen molar-refractivity contribution < 1.29 is 9.66 Å². The summed E-state index contributed by atoms with van der Waals surface area (Å²) in [7, 11) is 3.81. The molecule has 0 aliphatic carbocycles. The van der Waals surface area contributed by atoms with Crippen LogP contribution in [0.15, 0.2) is 12.1 Å². The molecule has 1 rings (SSSR count). The molecule has 100 valence electrons. The van der Waals surface area contributed by atoms with Gasteiger partial charge in [-0.1, -0.05) is 11.6 Å². The van der Waals surface area contributed by atoms with E-state index in [0.717, 1.165) is 0 Å². The van der Waals surface area contributed by atoms with Gasteiger partial charge in [0.05, 0.1) is 4.92 Å². The molecule has 18 heavy (non-hydrogen) atoms. The third-order valence-electron chi connectivity index (χ3n) is 2.78. The molecule has 1 heterocycles. The molecule has 0 N–H and O–H groups in total. The molecule has 0 fully saturated rings. The molecule has 7 heteroatoms. The molecule has 0 bridgehead atoms. The van der Waals surface area contributed by atoms with Crippen LogP contribution in [0.5, 0.6) is 5.88 Å². The largest absolute Gasteiger partial charge is 0.471 e. The van der Waals surface area contributed by atoms with Gasteiger partial charge in [0, 0.05) is 11.6 Å². The van der Waals surface area contributed by atoms with Gasteiger partial charge in [0.1, 0.15) is 11.8 Å². The van der Waals surface area contributed by atoms with Crippen LogP contribution in [0.1, 0.15) is 13.8 Å². The summed E-state index contributed by atoms with van der Waals surface area (Å²) in [6.45, 7) is 4.20. The Labute approximate surface area is 111 Å². The van der Waals surface area contributed by atoms with Crippen LogP contribution in [0.4, 0.5) is 5.69 Å². The average molecular weight is 274 g/mol. The number of hydrogen-bond acceptors (Lipinski definition) is 5. The molecule has 0 aliphatic rings. The number of likely N-dealkylation sites (N-methyl/N-ethyl adjacent to an activating group) is 1. The van der Waals surface area contributed by atoms with Crippen LogP contribution >= 0.6 is 11.6 Å². The summed E-state index contributed by atoms with van der Waals surface area (Å²) in [6.07, 6.45) is 0. The average Bonchev–Trinajstić information content (AvgIpc) is 2.26. The van der Waals surface area contributed by atoms with E-state index in [1.165, 1.54) is 12.1 Å². The fourth-order valence-electron chi connectivity index (χ4n) is 1.03. The molecule has 0 unspecified atom stereocenters. The van der Waals surface area contributed by atoms with Crippen molar-refractivity contribution in [2.75, 3.05) is 20.7 Å². The third-order valence-corrected chi connectivity index (χ3v) is 2.99. The van der Waals surface area contributed by atoms with Crippen molar-refractivity contribution in [3.05, 3.63) is 27.4 Å². The fourth-order valence-corrected chi connectivity index (χ4v) is 1.17. The number of nitro groups is 1. The Bertz CT molecular complexity index is 449. The van der Waals surface area contributed by atoms with E-state index >= 15 is 0 Å². The SMILES string of the molecule is CN(C)C(C)(C)COc1nc(Cl)ccc1[N+](=O)[O-]. The van der Waals surface area contributed by atoms with Crippen molar-refractivity contribution in [3.63, 3.8) is 0 Å². The molecule has 0 saturated carbocycles. The lowest BCUT2D eigenvalue weighted by molar-refractivity contribution is -0.386. The van der Waals surface area contributed by atoms with Crippen LogP contribution in [0.2, 0.25) is 5.15 Å². The predicted molar refractivity (Wildman–Crippen MR) is 69.2 cm³/mol. The molecule has 6 nitrogen and oxygen atoms in total. The van der Waals surface area contributed by atoms with Gasteiger partial charge in [-0.05, 0) is 34.0 Å². The van der Waals surface area contributed by atoms with Crippen molar-refractivity contribution >= 4 is 17.3 Å². The molecule has 0 radical (unpaired) electrons. The molecular formula is C11H16ClN3O3. The molecule has 1 aromatic rings. The maximum atomic E-state index is 10.8. The summed E-state index contributed by atoms with van der Waals surface area (Å²) in [5, 5.41) is 11.0. The number of rotatable bonds is 5. The number of ether oxygens (including phenoxy) is 1. The zero-order valence-electron chi connectivity index (χ0n) is 10.8. The zero-order chi connectivity index (χ0) is 13.9. The molecule has 0 aromatic carbocycles. The lowest BCUT2D eigenvalue weighted by Gasteiger charge is -2.31. The van der Waals surface area contributed by atoms with Gasteiger partial charge >= 0.3 is 5.69 Å². The van der Waals surface area contributed by atoms with Gasteiger partial charge in [0.25, 0.3) is 5.88 Å². The number of hydrogen-bond donors (Lipinski definition) is 0. The van der Waals surface area contributed by atoms with Crippen molar-refractivity contribution in [2.24, 2.45) is 0 Å². The Morgan fingerprint density at radius 1 is 1.50 bits per heavy atom. The van der Waals surface area contributed by atoms with E-state index in [2.05, 4.69) is 4.98 Å². The Morgan fingerprint density at radius 2 is 2.11 bits per heavy atom. The van der Waals surface area contributed by atoms with Gasteiger partial charge < -0.3 is 9.64 Å². The van der Waals surface area contributed by atoms with E-state index < -0.39 is 4.92 Å². The van der Waals surface area contributed by atoms with Gasteiger partial charge in [0.2, 0.25) is 0 Å². The van der Waals surface area contributed by atoms with E-state index in [1.807, 2.05) is 32.8 Å². The lowest BCUT2D eigenvalue weighted by Crippen LogP contribution is -2.43. The summed E-state index contributed by atoms with van der Waals surface area (Å²) in [5.74, 6) is -0.0533. The molecule has 0 aliphatic heterocycles. The Hall–Kier alpha value is -1.40. The van der Waals surface area contributed by atoms with Crippen molar-refractivity contribution in [2.45, 2.75) is 19.4 Å². The molecule has 0 saturated heterocycles. The minimum Gasteiger partial charge on any atom is -0.471 e.